The van der Waals surface area contributed by atoms with Crippen LogP contribution in [0.25, 0.3) is 0 Å². The Kier molecular flexibility index (Phi) is 5.66. The number of anilines is 1. The number of carbonyl (C=O) groups excluding carboxylic acids is 1. The maximum absolute atomic E-state index is 12.0. The largest absolute Gasteiger partial charge is 0.480 e. The van der Waals surface area contributed by atoms with Crippen molar-refractivity contribution in [2.75, 3.05) is 44.6 Å². The lowest BCUT2D eigenvalue weighted by Crippen LogP contribution is -2.37. The summed E-state index contributed by atoms with van der Waals surface area (Å²) in [5.74, 6) is -0.878. The van der Waals surface area contributed by atoms with Crippen LogP contribution in [0.2, 0.25) is 0 Å². The van der Waals surface area contributed by atoms with Crippen LogP contribution in [0.5, 0.6) is 0 Å². The molecule has 1 saturated heterocycles. The Hall–Kier alpha value is -1.51. The molecule has 1 aliphatic rings. The Bertz CT molecular complexity index is 505. The summed E-state index contributed by atoms with van der Waals surface area (Å²) in [5, 5.41) is 14.1. The van der Waals surface area contributed by atoms with E-state index in [1.807, 2.05) is 17.2 Å². The first-order valence-electron chi connectivity index (χ1n) is 6.91. The van der Waals surface area contributed by atoms with E-state index >= 15 is 0 Å². The minimum absolute atomic E-state index is 0.0679. The van der Waals surface area contributed by atoms with E-state index in [1.54, 1.807) is 0 Å². The van der Waals surface area contributed by atoms with Gasteiger partial charge in [0.25, 0.3) is 0 Å². The second kappa shape index (κ2) is 7.48. The monoisotopic (exact) mass is 312 g/mol. The van der Waals surface area contributed by atoms with E-state index in [-0.39, 0.29) is 12.5 Å². The van der Waals surface area contributed by atoms with Gasteiger partial charge in [0.1, 0.15) is 0 Å². The Morgan fingerprint density at radius 1 is 1.29 bits per heavy atom. The predicted molar refractivity (Wildman–Crippen MR) is 80.6 cm³/mol. The average Bonchev–Trinajstić information content (AvgIpc) is 2.67. The minimum Gasteiger partial charge on any atom is -0.480 e. The highest BCUT2D eigenvalue weighted by molar-refractivity contribution is 7.13. The second-order valence-corrected chi connectivity index (χ2v) is 6.00. The summed E-state index contributed by atoms with van der Waals surface area (Å²) in [6, 6.07) is 0. The van der Waals surface area contributed by atoms with Crippen molar-refractivity contribution in [2.24, 2.45) is 0 Å². The lowest BCUT2D eigenvalue weighted by atomic mass is 10.3. The van der Waals surface area contributed by atoms with E-state index in [0.29, 0.717) is 24.8 Å². The third-order valence-corrected chi connectivity index (χ3v) is 4.15. The van der Waals surface area contributed by atoms with Gasteiger partial charge >= 0.3 is 5.97 Å². The molecule has 116 valence electrons. The Morgan fingerprint density at radius 2 is 1.95 bits per heavy atom. The summed E-state index contributed by atoms with van der Waals surface area (Å²) in [6.07, 6.45) is 0.872. The van der Waals surface area contributed by atoms with Gasteiger partial charge in [-0.25, -0.2) is 4.98 Å². The molecule has 21 heavy (non-hydrogen) atoms. The SMILES string of the molecule is Cc1csc(NC(=O)CN2CCCN(CC(=O)O)CC2)n1. The van der Waals surface area contributed by atoms with Crippen molar-refractivity contribution in [2.45, 2.75) is 13.3 Å². The number of rotatable bonds is 5. The van der Waals surface area contributed by atoms with Crippen molar-refractivity contribution in [3.8, 4) is 0 Å². The van der Waals surface area contributed by atoms with E-state index in [1.165, 1.54) is 11.3 Å². The van der Waals surface area contributed by atoms with Crippen molar-refractivity contribution in [1.82, 2.24) is 14.8 Å². The quantitative estimate of drug-likeness (QED) is 0.822. The highest BCUT2D eigenvalue weighted by Gasteiger charge is 2.18. The lowest BCUT2D eigenvalue weighted by molar-refractivity contribution is -0.138. The van der Waals surface area contributed by atoms with Crippen LogP contribution in [0.1, 0.15) is 12.1 Å². The fourth-order valence-electron chi connectivity index (χ4n) is 2.31. The first kappa shape index (κ1) is 15.9. The molecule has 1 amide bonds. The number of amides is 1. The van der Waals surface area contributed by atoms with Gasteiger partial charge in [0.15, 0.2) is 5.13 Å². The third-order valence-electron chi connectivity index (χ3n) is 3.27. The molecular formula is C13H20N4O3S. The van der Waals surface area contributed by atoms with Crippen molar-refractivity contribution >= 4 is 28.3 Å². The number of aryl methyl sites for hydroxylation is 1. The molecule has 0 aliphatic carbocycles. The topological polar surface area (TPSA) is 85.8 Å². The number of carboxylic acid groups (broad SMARTS) is 1. The van der Waals surface area contributed by atoms with Crippen LogP contribution in [-0.4, -0.2) is 71.0 Å². The standard InChI is InChI=1S/C13H20N4O3S/c1-10-9-21-13(14-10)15-11(18)7-16-3-2-4-17(6-5-16)8-12(19)20/h9H,2-8H2,1H3,(H,19,20)(H,14,15,18). The van der Waals surface area contributed by atoms with Gasteiger partial charge < -0.3 is 10.4 Å². The van der Waals surface area contributed by atoms with Crippen LogP contribution in [0.4, 0.5) is 5.13 Å². The van der Waals surface area contributed by atoms with Gasteiger partial charge in [0.2, 0.25) is 5.91 Å². The summed E-state index contributed by atoms with van der Waals surface area (Å²) in [5.41, 5.74) is 0.898. The summed E-state index contributed by atoms with van der Waals surface area (Å²) in [6.45, 7) is 5.22. The van der Waals surface area contributed by atoms with Crippen molar-refractivity contribution in [3.63, 3.8) is 0 Å². The van der Waals surface area contributed by atoms with Crippen LogP contribution in [0, 0.1) is 6.92 Å². The zero-order chi connectivity index (χ0) is 15.2. The molecule has 2 heterocycles. The average molecular weight is 312 g/mol. The molecule has 0 atom stereocenters. The second-order valence-electron chi connectivity index (χ2n) is 5.14. The molecule has 7 nitrogen and oxygen atoms in total. The first-order chi connectivity index (χ1) is 10.0. The minimum atomic E-state index is -0.805. The summed E-state index contributed by atoms with van der Waals surface area (Å²) in [4.78, 5) is 30.8. The third kappa shape index (κ3) is 5.41. The molecule has 0 unspecified atom stereocenters. The molecule has 2 N–H and O–H groups in total. The molecule has 0 spiro atoms. The molecule has 0 radical (unpaired) electrons. The summed E-state index contributed by atoms with van der Waals surface area (Å²) >= 11 is 1.42. The molecule has 1 aliphatic heterocycles. The number of hydrogen-bond acceptors (Lipinski definition) is 6. The zero-order valence-electron chi connectivity index (χ0n) is 12.0. The number of hydrogen-bond donors (Lipinski definition) is 2. The fourth-order valence-corrected chi connectivity index (χ4v) is 3.01. The van der Waals surface area contributed by atoms with Crippen LogP contribution in [0.15, 0.2) is 5.38 Å². The van der Waals surface area contributed by atoms with Gasteiger partial charge in [-0.05, 0) is 19.9 Å². The lowest BCUT2D eigenvalue weighted by Gasteiger charge is -2.19. The van der Waals surface area contributed by atoms with Gasteiger partial charge in [0, 0.05) is 25.0 Å². The maximum Gasteiger partial charge on any atom is 0.317 e. The van der Waals surface area contributed by atoms with E-state index in [4.69, 9.17) is 5.11 Å². The summed E-state index contributed by atoms with van der Waals surface area (Å²) in [7, 11) is 0. The van der Waals surface area contributed by atoms with Crippen molar-refractivity contribution in [3.05, 3.63) is 11.1 Å². The number of aliphatic carboxylic acids is 1. The van der Waals surface area contributed by atoms with Gasteiger partial charge in [-0.2, -0.15) is 0 Å². The smallest absolute Gasteiger partial charge is 0.317 e. The fraction of sp³-hybridized carbons (Fsp3) is 0.615. The van der Waals surface area contributed by atoms with Crippen LogP contribution < -0.4 is 5.32 Å². The Labute approximate surface area is 127 Å². The first-order valence-corrected chi connectivity index (χ1v) is 7.79. The molecule has 1 aromatic rings. The molecular weight excluding hydrogens is 292 g/mol. The van der Waals surface area contributed by atoms with Crippen molar-refractivity contribution in [1.29, 1.82) is 0 Å². The highest BCUT2D eigenvalue weighted by Crippen LogP contribution is 2.14. The van der Waals surface area contributed by atoms with Crippen LogP contribution >= 0.6 is 11.3 Å². The molecule has 2 rings (SSSR count). The van der Waals surface area contributed by atoms with Crippen LogP contribution in [-0.2, 0) is 9.59 Å². The zero-order valence-corrected chi connectivity index (χ0v) is 12.9. The highest BCUT2D eigenvalue weighted by atomic mass is 32.1. The molecule has 8 heteroatoms. The molecule has 0 aromatic carbocycles. The van der Waals surface area contributed by atoms with Gasteiger partial charge in [-0.15, -0.1) is 11.3 Å². The number of thiazole rings is 1. The van der Waals surface area contributed by atoms with Gasteiger partial charge in [-0.1, -0.05) is 0 Å². The van der Waals surface area contributed by atoms with Crippen molar-refractivity contribution < 1.29 is 14.7 Å². The molecule has 0 bridgehead atoms. The van der Waals surface area contributed by atoms with Crippen LogP contribution in [0.3, 0.4) is 0 Å². The Morgan fingerprint density at radius 3 is 2.52 bits per heavy atom. The number of aromatic nitrogens is 1. The normalized spacial score (nSPS) is 17.4. The van der Waals surface area contributed by atoms with E-state index in [0.717, 1.165) is 25.2 Å². The molecule has 1 fully saturated rings. The van der Waals surface area contributed by atoms with Gasteiger partial charge in [0.05, 0.1) is 18.8 Å². The molecule has 1 aromatic heterocycles. The summed E-state index contributed by atoms with van der Waals surface area (Å²) < 4.78 is 0. The Balaban J connectivity index is 1.77. The number of nitrogens with zero attached hydrogens (tertiary/aromatic N) is 3. The maximum atomic E-state index is 12.0. The van der Waals surface area contributed by atoms with E-state index in [2.05, 4.69) is 15.2 Å². The van der Waals surface area contributed by atoms with E-state index in [9.17, 15) is 9.59 Å². The van der Waals surface area contributed by atoms with E-state index < -0.39 is 5.97 Å². The molecule has 0 saturated carbocycles. The predicted octanol–water partition coefficient (Wildman–Crippen LogP) is 0.482. The number of nitrogens with one attached hydrogen (secondary N) is 1. The number of carboxylic acids is 1. The van der Waals surface area contributed by atoms with Gasteiger partial charge in [-0.3, -0.25) is 19.4 Å². The number of carbonyl (C=O) groups is 2.